The summed E-state index contributed by atoms with van der Waals surface area (Å²) in [4.78, 5) is 11.5. The number of hydrogen-bond donors (Lipinski definition) is 3. The number of phenolic OH excluding ortho intramolecular Hbond substituents is 1. The third-order valence-electron chi connectivity index (χ3n) is 2.38. The van der Waals surface area contributed by atoms with Gasteiger partial charge in [-0.05, 0) is 58.8 Å². The van der Waals surface area contributed by atoms with E-state index in [4.69, 9.17) is 17.0 Å². The van der Waals surface area contributed by atoms with Crippen molar-refractivity contribution in [3.63, 3.8) is 0 Å². The van der Waals surface area contributed by atoms with E-state index in [2.05, 4.69) is 26.6 Å². The molecule has 1 heterocycles. The second kappa shape index (κ2) is 5.58. The first kappa shape index (κ1) is 13.8. The fourth-order valence-electron chi connectivity index (χ4n) is 1.59. The summed E-state index contributed by atoms with van der Waals surface area (Å²) in [7, 11) is 0. The molecule has 1 aliphatic heterocycles. The van der Waals surface area contributed by atoms with Crippen molar-refractivity contribution in [2.45, 2.75) is 6.92 Å². The van der Waals surface area contributed by atoms with Crippen LogP contribution in [0.1, 0.15) is 12.5 Å². The molecule has 100 valence electrons. The maximum atomic E-state index is 11.5. The number of carbonyl (C=O) groups is 1. The Kier molecular flexibility index (Phi) is 4.06. The van der Waals surface area contributed by atoms with Gasteiger partial charge in [-0.3, -0.25) is 10.1 Å². The van der Waals surface area contributed by atoms with E-state index in [1.54, 1.807) is 18.2 Å². The summed E-state index contributed by atoms with van der Waals surface area (Å²) in [5.74, 6) is 0.0974. The van der Waals surface area contributed by atoms with Crippen LogP contribution in [-0.4, -0.2) is 22.7 Å². The number of rotatable bonds is 3. The minimum absolute atomic E-state index is 0.0309. The number of hydrogen-bond acceptors (Lipinski definition) is 4. The van der Waals surface area contributed by atoms with Crippen molar-refractivity contribution in [3.05, 3.63) is 27.9 Å². The standard InChI is InChI=1S/C12H11BrN2O3S/c1-2-18-9-5-6(3-7(13)10(9)16)4-8-11(17)15-12(19)14-8/h3-5,16H,2H2,1H3,(H2,14,15,17,19)/b8-4-. The highest BCUT2D eigenvalue weighted by Gasteiger charge is 2.20. The van der Waals surface area contributed by atoms with E-state index in [1.807, 2.05) is 6.92 Å². The summed E-state index contributed by atoms with van der Waals surface area (Å²) in [6, 6.07) is 3.33. The molecule has 7 heteroatoms. The Hall–Kier alpha value is -1.60. The van der Waals surface area contributed by atoms with E-state index < -0.39 is 0 Å². The zero-order valence-corrected chi connectivity index (χ0v) is 12.4. The van der Waals surface area contributed by atoms with Gasteiger partial charge in [-0.1, -0.05) is 0 Å². The molecule has 0 aromatic heterocycles. The second-order valence-corrected chi connectivity index (χ2v) is 5.01. The predicted molar refractivity (Wildman–Crippen MR) is 78.8 cm³/mol. The lowest BCUT2D eigenvalue weighted by molar-refractivity contribution is -0.115. The van der Waals surface area contributed by atoms with E-state index in [9.17, 15) is 9.90 Å². The zero-order valence-electron chi connectivity index (χ0n) is 9.99. The van der Waals surface area contributed by atoms with Gasteiger partial charge in [-0.2, -0.15) is 0 Å². The second-order valence-electron chi connectivity index (χ2n) is 3.75. The molecule has 0 bridgehead atoms. The van der Waals surface area contributed by atoms with Crippen LogP contribution in [0.4, 0.5) is 0 Å². The topological polar surface area (TPSA) is 70.6 Å². The summed E-state index contributed by atoms with van der Waals surface area (Å²) in [5, 5.41) is 15.3. The molecule has 1 aliphatic rings. The summed E-state index contributed by atoms with van der Waals surface area (Å²) >= 11 is 8.08. The van der Waals surface area contributed by atoms with E-state index in [-0.39, 0.29) is 16.8 Å². The third kappa shape index (κ3) is 3.05. The molecule has 2 rings (SSSR count). The molecule has 0 radical (unpaired) electrons. The Labute approximate surface area is 123 Å². The SMILES string of the molecule is CCOc1cc(/C=C2\NC(=S)NC2=O)cc(Br)c1O. The highest BCUT2D eigenvalue weighted by Crippen LogP contribution is 2.36. The van der Waals surface area contributed by atoms with Gasteiger partial charge in [0.15, 0.2) is 16.6 Å². The quantitative estimate of drug-likeness (QED) is 0.578. The van der Waals surface area contributed by atoms with Gasteiger partial charge in [0.2, 0.25) is 0 Å². The lowest BCUT2D eigenvalue weighted by Gasteiger charge is -2.08. The smallest absolute Gasteiger partial charge is 0.273 e. The highest BCUT2D eigenvalue weighted by atomic mass is 79.9. The summed E-state index contributed by atoms with van der Waals surface area (Å²) in [6.07, 6.45) is 1.63. The average Bonchev–Trinajstić information content (AvgIpc) is 2.64. The van der Waals surface area contributed by atoms with Crippen molar-refractivity contribution in [2.75, 3.05) is 6.61 Å². The van der Waals surface area contributed by atoms with E-state index in [1.165, 1.54) is 0 Å². The van der Waals surface area contributed by atoms with Gasteiger partial charge in [0.25, 0.3) is 5.91 Å². The molecule has 3 N–H and O–H groups in total. The number of phenols is 1. The zero-order chi connectivity index (χ0) is 14.0. The van der Waals surface area contributed by atoms with Crippen molar-refractivity contribution in [1.29, 1.82) is 0 Å². The maximum absolute atomic E-state index is 11.5. The summed E-state index contributed by atoms with van der Waals surface area (Å²) in [6.45, 7) is 2.26. The monoisotopic (exact) mass is 342 g/mol. The molecule has 0 atom stereocenters. The Bertz CT molecular complexity index is 587. The highest BCUT2D eigenvalue weighted by molar-refractivity contribution is 9.10. The van der Waals surface area contributed by atoms with Gasteiger partial charge in [-0.25, -0.2) is 0 Å². The number of aromatic hydroxyl groups is 1. The largest absolute Gasteiger partial charge is 0.503 e. The molecule has 1 aromatic carbocycles. The molecule has 0 saturated carbocycles. The van der Waals surface area contributed by atoms with Crippen LogP contribution < -0.4 is 15.4 Å². The van der Waals surface area contributed by atoms with E-state index in [0.717, 1.165) is 0 Å². The van der Waals surface area contributed by atoms with Gasteiger partial charge in [0, 0.05) is 0 Å². The van der Waals surface area contributed by atoms with Crippen LogP contribution in [0.5, 0.6) is 11.5 Å². The molecule has 0 unspecified atom stereocenters. The van der Waals surface area contributed by atoms with Gasteiger partial charge < -0.3 is 15.2 Å². The van der Waals surface area contributed by atoms with Gasteiger partial charge in [0.1, 0.15) is 5.70 Å². The Balaban J connectivity index is 2.38. The van der Waals surface area contributed by atoms with Crippen LogP contribution >= 0.6 is 28.1 Å². The first-order chi connectivity index (χ1) is 9.01. The average molecular weight is 343 g/mol. The molecule has 0 spiro atoms. The molecule has 19 heavy (non-hydrogen) atoms. The van der Waals surface area contributed by atoms with Gasteiger partial charge in [-0.15, -0.1) is 0 Å². The number of benzene rings is 1. The summed E-state index contributed by atoms with van der Waals surface area (Å²) < 4.78 is 5.81. The molecular weight excluding hydrogens is 332 g/mol. The number of amides is 1. The van der Waals surface area contributed by atoms with Crippen LogP contribution in [0.2, 0.25) is 0 Å². The molecule has 1 aromatic rings. The molecule has 1 saturated heterocycles. The van der Waals surface area contributed by atoms with Crippen molar-refractivity contribution >= 4 is 45.2 Å². The first-order valence-electron chi connectivity index (χ1n) is 5.50. The number of thiocarbonyl (C=S) groups is 1. The van der Waals surface area contributed by atoms with Crippen molar-refractivity contribution in [2.24, 2.45) is 0 Å². The minimum atomic E-state index is -0.285. The fraction of sp³-hybridized carbons (Fsp3) is 0.167. The van der Waals surface area contributed by atoms with Crippen LogP contribution in [0.15, 0.2) is 22.3 Å². The van der Waals surface area contributed by atoms with Crippen molar-refractivity contribution in [3.8, 4) is 11.5 Å². The molecule has 1 amide bonds. The maximum Gasteiger partial charge on any atom is 0.273 e. The molecular formula is C12H11BrN2O3S. The number of halogens is 1. The number of nitrogens with one attached hydrogen (secondary N) is 2. The fourth-order valence-corrected chi connectivity index (χ4v) is 2.25. The Morgan fingerprint density at radius 2 is 2.21 bits per heavy atom. The summed E-state index contributed by atoms with van der Waals surface area (Å²) in [5.41, 5.74) is 1.06. The van der Waals surface area contributed by atoms with Gasteiger partial charge >= 0.3 is 0 Å². The minimum Gasteiger partial charge on any atom is -0.503 e. The lowest BCUT2D eigenvalue weighted by Crippen LogP contribution is -2.21. The third-order valence-corrected chi connectivity index (χ3v) is 3.19. The van der Waals surface area contributed by atoms with Crippen molar-refractivity contribution in [1.82, 2.24) is 10.6 Å². The molecule has 5 nitrogen and oxygen atoms in total. The van der Waals surface area contributed by atoms with E-state index in [0.29, 0.717) is 28.1 Å². The van der Waals surface area contributed by atoms with Crippen LogP contribution in [0, 0.1) is 0 Å². The van der Waals surface area contributed by atoms with Gasteiger partial charge in [0.05, 0.1) is 11.1 Å². The van der Waals surface area contributed by atoms with Crippen LogP contribution in [0.3, 0.4) is 0 Å². The normalized spacial score (nSPS) is 16.4. The van der Waals surface area contributed by atoms with Crippen LogP contribution in [0.25, 0.3) is 6.08 Å². The van der Waals surface area contributed by atoms with E-state index >= 15 is 0 Å². The predicted octanol–water partition coefficient (Wildman–Crippen LogP) is 1.90. The number of ether oxygens (including phenoxy) is 1. The first-order valence-corrected chi connectivity index (χ1v) is 6.70. The Morgan fingerprint density at radius 3 is 2.79 bits per heavy atom. The Morgan fingerprint density at radius 1 is 1.47 bits per heavy atom. The molecule has 0 aliphatic carbocycles. The molecule has 1 fully saturated rings. The lowest BCUT2D eigenvalue weighted by atomic mass is 10.1. The van der Waals surface area contributed by atoms with Crippen molar-refractivity contribution < 1.29 is 14.6 Å². The van der Waals surface area contributed by atoms with Crippen LogP contribution in [-0.2, 0) is 4.79 Å². The number of carbonyl (C=O) groups excluding carboxylic acids is 1.